The summed E-state index contributed by atoms with van der Waals surface area (Å²) in [7, 11) is 0. The quantitative estimate of drug-likeness (QED) is 0.899. The molecule has 0 bridgehead atoms. The number of carbonyl (C=O) groups is 1. The average molecular weight is 335 g/mol. The van der Waals surface area contributed by atoms with E-state index < -0.39 is 24.2 Å². The summed E-state index contributed by atoms with van der Waals surface area (Å²) in [6, 6.07) is 4.12. The van der Waals surface area contributed by atoms with Crippen LogP contribution in [-0.4, -0.2) is 33.6 Å². The number of aliphatic hydroxyl groups is 1. The van der Waals surface area contributed by atoms with Crippen LogP contribution in [0.25, 0.3) is 0 Å². The second kappa shape index (κ2) is 5.55. The highest BCUT2D eigenvalue weighted by atomic mass is 35.5. The molecule has 1 amide bonds. The lowest BCUT2D eigenvalue weighted by Gasteiger charge is -2.32. The predicted octanol–water partition coefficient (Wildman–Crippen LogP) is 3.51. The SMILES string of the molecule is CCC1=NN(C(=O)c2ccc(C)c(Cl)c2)[C@](O)(C(F)(F)F)C1. The Morgan fingerprint density at radius 1 is 1.50 bits per heavy atom. The van der Waals surface area contributed by atoms with Gasteiger partial charge in [0.2, 0.25) is 0 Å². The van der Waals surface area contributed by atoms with E-state index in [9.17, 15) is 23.1 Å². The third-order valence-electron chi connectivity index (χ3n) is 3.52. The number of hydrogen-bond donors (Lipinski definition) is 1. The Balaban J connectivity index is 2.44. The first-order chi connectivity index (χ1) is 10.1. The molecule has 0 saturated heterocycles. The normalized spacial score (nSPS) is 22.0. The zero-order valence-corrected chi connectivity index (χ0v) is 12.7. The first-order valence-electron chi connectivity index (χ1n) is 6.56. The molecule has 0 unspecified atom stereocenters. The monoisotopic (exact) mass is 334 g/mol. The lowest BCUT2D eigenvalue weighted by Crippen LogP contribution is -2.56. The van der Waals surface area contributed by atoms with E-state index in [4.69, 9.17) is 11.6 Å². The van der Waals surface area contributed by atoms with Crippen LogP contribution < -0.4 is 0 Å². The molecule has 22 heavy (non-hydrogen) atoms. The van der Waals surface area contributed by atoms with Crippen molar-refractivity contribution in [1.82, 2.24) is 5.01 Å². The molecule has 120 valence electrons. The van der Waals surface area contributed by atoms with E-state index >= 15 is 0 Å². The van der Waals surface area contributed by atoms with Crippen LogP contribution in [0.15, 0.2) is 23.3 Å². The number of aryl methyl sites for hydroxylation is 1. The van der Waals surface area contributed by atoms with Gasteiger partial charge < -0.3 is 5.11 Å². The Morgan fingerprint density at radius 3 is 2.64 bits per heavy atom. The summed E-state index contributed by atoms with van der Waals surface area (Å²) in [5.74, 6) is -1.05. The molecule has 1 aromatic rings. The van der Waals surface area contributed by atoms with Gasteiger partial charge in [-0.15, -0.1) is 0 Å². The number of amides is 1. The molecule has 1 heterocycles. The van der Waals surface area contributed by atoms with Gasteiger partial charge in [0, 0.05) is 22.7 Å². The van der Waals surface area contributed by atoms with Gasteiger partial charge in [-0.2, -0.15) is 23.3 Å². The molecule has 8 heteroatoms. The van der Waals surface area contributed by atoms with Gasteiger partial charge in [-0.3, -0.25) is 4.79 Å². The highest BCUT2D eigenvalue weighted by Gasteiger charge is 2.63. The Kier molecular flexibility index (Phi) is 4.23. The molecule has 2 rings (SSSR count). The van der Waals surface area contributed by atoms with Crippen LogP contribution in [0, 0.1) is 6.92 Å². The molecule has 1 atom stereocenters. The molecule has 1 aliphatic rings. The fraction of sp³-hybridized carbons (Fsp3) is 0.429. The zero-order chi connectivity index (χ0) is 16.7. The van der Waals surface area contributed by atoms with Gasteiger partial charge in [-0.25, -0.2) is 0 Å². The van der Waals surface area contributed by atoms with Crippen molar-refractivity contribution < 1.29 is 23.1 Å². The van der Waals surface area contributed by atoms with Crippen LogP contribution in [-0.2, 0) is 0 Å². The lowest BCUT2D eigenvalue weighted by molar-refractivity contribution is -0.297. The Hall–Kier alpha value is -1.60. The van der Waals surface area contributed by atoms with Crippen molar-refractivity contribution in [3.8, 4) is 0 Å². The summed E-state index contributed by atoms with van der Waals surface area (Å²) in [6.07, 6.45) is -5.56. The number of alkyl halides is 3. The molecule has 0 spiro atoms. The maximum atomic E-state index is 13.2. The fourth-order valence-electron chi connectivity index (χ4n) is 2.10. The summed E-state index contributed by atoms with van der Waals surface area (Å²) in [5, 5.41) is 14.0. The van der Waals surface area contributed by atoms with E-state index in [1.54, 1.807) is 13.8 Å². The number of hydrazone groups is 1. The van der Waals surface area contributed by atoms with Gasteiger partial charge in [-0.1, -0.05) is 24.6 Å². The number of benzene rings is 1. The van der Waals surface area contributed by atoms with Crippen molar-refractivity contribution in [2.75, 3.05) is 0 Å². The summed E-state index contributed by atoms with van der Waals surface area (Å²) in [5.41, 5.74) is -2.61. The largest absolute Gasteiger partial charge is 0.438 e. The number of halogens is 4. The maximum Gasteiger partial charge on any atom is 0.438 e. The molecule has 1 N–H and O–H groups in total. The Bertz CT molecular complexity index is 645. The van der Waals surface area contributed by atoms with E-state index in [-0.39, 0.29) is 27.7 Å². The number of hydrogen-bond acceptors (Lipinski definition) is 3. The van der Waals surface area contributed by atoms with Crippen molar-refractivity contribution in [3.05, 3.63) is 34.3 Å². The van der Waals surface area contributed by atoms with E-state index in [0.29, 0.717) is 5.56 Å². The molecular formula is C14H14ClF3N2O2. The van der Waals surface area contributed by atoms with Crippen LogP contribution >= 0.6 is 11.6 Å². The molecule has 0 fully saturated rings. The van der Waals surface area contributed by atoms with Crippen molar-refractivity contribution in [3.63, 3.8) is 0 Å². The van der Waals surface area contributed by atoms with Crippen molar-refractivity contribution in [2.45, 2.75) is 38.6 Å². The van der Waals surface area contributed by atoms with Crippen LogP contribution in [0.3, 0.4) is 0 Å². The second-order valence-corrected chi connectivity index (χ2v) is 5.50. The number of nitrogens with zero attached hydrogens (tertiary/aromatic N) is 2. The third-order valence-corrected chi connectivity index (χ3v) is 3.92. The van der Waals surface area contributed by atoms with Crippen LogP contribution in [0.2, 0.25) is 5.02 Å². The fourth-order valence-corrected chi connectivity index (χ4v) is 2.28. The maximum absolute atomic E-state index is 13.2. The number of carbonyl (C=O) groups excluding carboxylic acids is 1. The Labute approximate surface area is 130 Å². The average Bonchev–Trinajstić information content (AvgIpc) is 2.79. The lowest BCUT2D eigenvalue weighted by atomic mass is 10.0. The van der Waals surface area contributed by atoms with E-state index in [1.807, 2.05) is 0 Å². The molecule has 4 nitrogen and oxygen atoms in total. The van der Waals surface area contributed by atoms with Gasteiger partial charge in [0.05, 0.1) is 0 Å². The zero-order valence-electron chi connectivity index (χ0n) is 11.9. The van der Waals surface area contributed by atoms with Gasteiger partial charge in [0.1, 0.15) is 0 Å². The van der Waals surface area contributed by atoms with Crippen LogP contribution in [0.1, 0.15) is 35.7 Å². The summed E-state index contributed by atoms with van der Waals surface area (Å²) < 4.78 is 39.5. The highest BCUT2D eigenvalue weighted by molar-refractivity contribution is 6.31. The predicted molar refractivity (Wildman–Crippen MR) is 75.7 cm³/mol. The van der Waals surface area contributed by atoms with E-state index in [2.05, 4.69) is 5.10 Å². The smallest absolute Gasteiger partial charge is 0.362 e. The van der Waals surface area contributed by atoms with Gasteiger partial charge >= 0.3 is 6.18 Å². The minimum absolute atomic E-state index is 0.0700. The molecule has 0 aliphatic carbocycles. The minimum Gasteiger partial charge on any atom is -0.362 e. The molecule has 0 aromatic heterocycles. The molecule has 0 saturated carbocycles. The van der Waals surface area contributed by atoms with Gasteiger partial charge in [0.25, 0.3) is 11.6 Å². The van der Waals surface area contributed by atoms with Crippen molar-refractivity contribution >= 4 is 23.2 Å². The second-order valence-electron chi connectivity index (χ2n) is 5.09. The van der Waals surface area contributed by atoms with E-state index in [0.717, 1.165) is 0 Å². The van der Waals surface area contributed by atoms with Crippen LogP contribution in [0.5, 0.6) is 0 Å². The highest BCUT2D eigenvalue weighted by Crippen LogP contribution is 2.41. The van der Waals surface area contributed by atoms with Gasteiger partial charge in [0.15, 0.2) is 0 Å². The minimum atomic E-state index is -5.02. The summed E-state index contributed by atoms with van der Waals surface area (Å²) >= 11 is 5.89. The molecular weight excluding hydrogens is 321 g/mol. The topological polar surface area (TPSA) is 52.9 Å². The molecule has 0 radical (unpaired) electrons. The van der Waals surface area contributed by atoms with Gasteiger partial charge in [-0.05, 0) is 31.0 Å². The first kappa shape index (κ1) is 16.8. The molecule has 1 aliphatic heterocycles. The standard InChI is InChI=1S/C14H14ClF3N2O2/c1-3-10-7-13(22,14(16,17)18)20(19-10)12(21)9-5-4-8(2)11(15)6-9/h4-6,22H,3,7H2,1-2H3/t13-/m1/s1. The Morgan fingerprint density at radius 2 is 2.14 bits per heavy atom. The van der Waals surface area contributed by atoms with Crippen LogP contribution in [0.4, 0.5) is 13.2 Å². The molecule has 1 aromatic carbocycles. The number of rotatable bonds is 2. The van der Waals surface area contributed by atoms with E-state index in [1.165, 1.54) is 18.2 Å². The third kappa shape index (κ3) is 2.70. The van der Waals surface area contributed by atoms with Crippen molar-refractivity contribution in [2.24, 2.45) is 5.10 Å². The van der Waals surface area contributed by atoms with Crippen molar-refractivity contribution in [1.29, 1.82) is 0 Å². The first-order valence-corrected chi connectivity index (χ1v) is 6.94. The summed E-state index contributed by atoms with van der Waals surface area (Å²) in [4.78, 5) is 12.3. The summed E-state index contributed by atoms with van der Waals surface area (Å²) in [6.45, 7) is 3.30.